The van der Waals surface area contributed by atoms with Gasteiger partial charge in [0, 0.05) is 12.6 Å². The van der Waals surface area contributed by atoms with E-state index in [1.165, 1.54) is 0 Å². The zero-order valence-corrected chi connectivity index (χ0v) is 14.3. The lowest BCUT2D eigenvalue weighted by atomic mass is 9.88. The molecule has 1 heterocycles. The van der Waals surface area contributed by atoms with Crippen LogP contribution < -0.4 is 10.0 Å². The Hall–Kier alpha value is -0.660. The molecule has 2 unspecified atom stereocenters. The molecule has 2 N–H and O–H groups in total. The summed E-state index contributed by atoms with van der Waals surface area (Å²) in [6.07, 6.45) is 5.69. The number of carbonyl (C=O) groups is 1. The summed E-state index contributed by atoms with van der Waals surface area (Å²) in [7, 11) is -3.57. The van der Waals surface area contributed by atoms with Gasteiger partial charge in [-0.2, -0.15) is 0 Å². The molecule has 0 bridgehead atoms. The minimum absolute atomic E-state index is 0.000514. The Balaban J connectivity index is 1.76. The Kier molecular flexibility index (Phi) is 6.23. The highest BCUT2D eigenvalue weighted by molar-refractivity contribution is 7.90. The van der Waals surface area contributed by atoms with E-state index < -0.39 is 21.7 Å². The summed E-state index contributed by atoms with van der Waals surface area (Å²) < 4.78 is 32.3. The highest BCUT2D eigenvalue weighted by atomic mass is 32.2. The zero-order valence-electron chi connectivity index (χ0n) is 13.5. The molecular weight excluding hydrogens is 304 g/mol. The standard InChI is InChI=1S/C15H28N2O4S/c1-11-5-7-13(8-6-11)17-22(19,20)10-15(18)16-12(2)14-4-3-9-21-14/h11-14,17H,3-10H2,1-2H3,(H,16,18). The molecule has 0 spiro atoms. The van der Waals surface area contributed by atoms with E-state index in [1.807, 2.05) is 6.92 Å². The fourth-order valence-corrected chi connectivity index (χ4v) is 4.49. The summed E-state index contributed by atoms with van der Waals surface area (Å²) >= 11 is 0. The third-order valence-corrected chi connectivity index (χ3v) is 5.93. The van der Waals surface area contributed by atoms with Crippen LogP contribution in [0.3, 0.4) is 0 Å². The Morgan fingerprint density at radius 3 is 2.50 bits per heavy atom. The number of sulfonamides is 1. The Labute approximate surface area is 133 Å². The fourth-order valence-electron chi connectivity index (χ4n) is 3.23. The van der Waals surface area contributed by atoms with Crippen molar-refractivity contribution in [1.29, 1.82) is 0 Å². The first-order chi connectivity index (χ1) is 10.4. The third kappa shape index (κ3) is 5.52. The molecule has 1 aliphatic carbocycles. The summed E-state index contributed by atoms with van der Waals surface area (Å²) in [5.74, 6) is -0.299. The first kappa shape index (κ1) is 17.7. The minimum Gasteiger partial charge on any atom is -0.376 e. The van der Waals surface area contributed by atoms with Crippen molar-refractivity contribution in [2.75, 3.05) is 12.4 Å². The number of ether oxygens (including phenoxy) is 1. The molecule has 1 saturated heterocycles. The van der Waals surface area contributed by atoms with Crippen LogP contribution in [0, 0.1) is 5.92 Å². The van der Waals surface area contributed by atoms with Gasteiger partial charge in [-0.3, -0.25) is 4.79 Å². The van der Waals surface area contributed by atoms with Gasteiger partial charge in [-0.1, -0.05) is 6.92 Å². The van der Waals surface area contributed by atoms with Crippen molar-refractivity contribution in [1.82, 2.24) is 10.0 Å². The van der Waals surface area contributed by atoms with Crippen molar-refractivity contribution in [2.45, 2.75) is 70.6 Å². The summed E-state index contributed by atoms with van der Waals surface area (Å²) in [5.41, 5.74) is 0. The Morgan fingerprint density at radius 1 is 1.23 bits per heavy atom. The van der Waals surface area contributed by atoms with E-state index >= 15 is 0 Å². The molecule has 0 aromatic carbocycles. The van der Waals surface area contributed by atoms with Gasteiger partial charge < -0.3 is 10.1 Å². The Morgan fingerprint density at radius 2 is 1.91 bits per heavy atom. The molecule has 1 saturated carbocycles. The second kappa shape index (κ2) is 7.75. The predicted molar refractivity (Wildman–Crippen MR) is 84.9 cm³/mol. The van der Waals surface area contributed by atoms with Gasteiger partial charge in [-0.15, -0.1) is 0 Å². The van der Waals surface area contributed by atoms with Gasteiger partial charge in [0.15, 0.2) is 0 Å². The maximum absolute atomic E-state index is 12.1. The molecule has 128 valence electrons. The normalized spacial score (nSPS) is 30.9. The topological polar surface area (TPSA) is 84.5 Å². The van der Waals surface area contributed by atoms with E-state index in [1.54, 1.807) is 0 Å². The van der Waals surface area contributed by atoms with Crippen molar-refractivity contribution in [2.24, 2.45) is 5.92 Å². The largest absolute Gasteiger partial charge is 0.376 e. The monoisotopic (exact) mass is 332 g/mol. The lowest BCUT2D eigenvalue weighted by Crippen LogP contribution is -2.46. The second-order valence-electron chi connectivity index (χ2n) is 6.74. The average Bonchev–Trinajstić information content (AvgIpc) is 2.94. The summed E-state index contributed by atoms with van der Waals surface area (Å²) in [6, 6.07) is -0.176. The molecule has 0 radical (unpaired) electrons. The van der Waals surface area contributed by atoms with Gasteiger partial charge in [0.25, 0.3) is 0 Å². The van der Waals surface area contributed by atoms with Crippen LogP contribution >= 0.6 is 0 Å². The number of nitrogens with one attached hydrogen (secondary N) is 2. The molecule has 2 fully saturated rings. The van der Waals surface area contributed by atoms with Crippen molar-refractivity contribution >= 4 is 15.9 Å². The Bertz CT molecular complexity index is 466. The van der Waals surface area contributed by atoms with E-state index in [4.69, 9.17) is 4.74 Å². The minimum atomic E-state index is -3.57. The summed E-state index contributed by atoms with van der Waals surface area (Å²) in [4.78, 5) is 11.9. The first-order valence-corrected chi connectivity index (χ1v) is 9.92. The van der Waals surface area contributed by atoms with E-state index in [0.29, 0.717) is 12.5 Å². The van der Waals surface area contributed by atoms with Crippen LogP contribution in [0.4, 0.5) is 0 Å². The third-order valence-electron chi connectivity index (χ3n) is 4.59. The fraction of sp³-hybridized carbons (Fsp3) is 0.933. The number of amides is 1. The van der Waals surface area contributed by atoms with Crippen LogP contribution in [-0.4, -0.2) is 44.9 Å². The molecule has 2 aliphatic rings. The highest BCUT2D eigenvalue weighted by Crippen LogP contribution is 2.23. The molecule has 22 heavy (non-hydrogen) atoms. The van der Waals surface area contributed by atoms with E-state index in [0.717, 1.165) is 38.5 Å². The van der Waals surface area contributed by atoms with Gasteiger partial charge in [-0.25, -0.2) is 13.1 Å². The summed E-state index contributed by atoms with van der Waals surface area (Å²) in [5, 5.41) is 2.74. The molecule has 7 heteroatoms. The molecular formula is C15H28N2O4S. The van der Waals surface area contributed by atoms with Crippen LogP contribution in [0.25, 0.3) is 0 Å². The maximum Gasteiger partial charge on any atom is 0.236 e. The molecule has 1 aliphatic heterocycles. The lowest BCUT2D eigenvalue weighted by Gasteiger charge is -2.26. The van der Waals surface area contributed by atoms with Crippen LogP contribution in [0.15, 0.2) is 0 Å². The quantitative estimate of drug-likeness (QED) is 0.765. The highest BCUT2D eigenvalue weighted by Gasteiger charge is 2.27. The lowest BCUT2D eigenvalue weighted by molar-refractivity contribution is -0.120. The zero-order chi connectivity index (χ0) is 16.2. The molecule has 0 aromatic heterocycles. The van der Waals surface area contributed by atoms with E-state index in [-0.39, 0.29) is 18.2 Å². The molecule has 1 amide bonds. The van der Waals surface area contributed by atoms with Gasteiger partial charge in [0.2, 0.25) is 15.9 Å². The molecule has 0 aromatic rings. The number of hydrogen-bond acceptors (Lipinski definition) is 4. The molecule has 2 atom stereocenters. The van der Waals surface area contributed by atoms with Gasteiger partial charge >= 0.3 is 0 Å². The van der Waals surface area contributed by atoms with Crippen molar-refractivity contribution in [3.8, 4) is 0 Å². The van der Waals surface area contributed by atoms with Crippen LogP contribution in [0.5, 0.6) is 0 Å². The van der Waals surface area contributed by atoms with Crippen LogP contribution in [0.2, 0.25) is 0 Å². The van der Waals surface area contributed by atoms with Crippen molar-refractivity contribution in [3.63, 3.8) is 0 Å². The first-order valence-electron chi connectivity index (χ1n) is 8.26. The predicted octanol–water partition coefficient (Wildman–Crippen LogP) is 1.17. The van der Waals surface area contributed by atoms with Gasteiger partial charge in [0.05, 0.1) is 12.1 Å². The SMILES string of the molecule is CC1CCC(NS(=O)(=O)CC(=O)NC(C)C2CCCO2)CC1. The average molecular weight is 332 g/mol. The number of carbonyl (C=O) groups excluding carboxylic acids is 1. The van der Waals surface area contributed by atoms with Crippen LogP contribution in [0.1, 0.15) is 52.4 Å². The van der Waals surface area contributed by atoms with E-state index in [9.17, 15) is 13.2 Å². The maximum atomic E-state index is 12.1. The summed E-state index contributed by atoms with van der Waals surface area (Å²) in [6.45, 7) is 4.76. The van der Waals surface area contributed by atoms with Gasteiger partial charge in [0.1, 0.15) is 5.75 Å². The van der Waals surface area contributed by atoms with Crippen LogP contribution in [-0.2, 0) is 19.6 Å². The smallest absolute Gasteiger partial charge is 0.236 e. The molecule has 2 rings (SSSR count). The van der Waals surface area contributed by atoms with Crippen molar-refractivity contribution in [3.05, 3.63) is 0 Å². The van der Waals surface area contributed by atoms with E-state index in [2.05, 4.69) is 17.0 Å². The number of hydrogen-bond donors (Lipinski definition) is 2. The second-order valence-corrected chi connectivity index (χ2v) is 8.50. The van der Waals surface area contributed by atoms with Crippen molar-refractivity contribution < 1.29 is 17.9 Å². The molecule has 6 nitrogen and oxygen atoms in total. The van der Waals surface area contributed by atoms with Gasteiger partial charge in [-0.05, 0) is 51.4 Å². The number of rotatable bonds is 6.